The second-order valence-corrected chi connectivity index (χ2v) is 3.28. The number of aryl methyl sites for hydroxylation is 1. The number of hydrogen-bond acceptors (Lipinski definition) is 4. The minimum absolute atomic E-state index is 0.673. The number of nitrogens with zero attached hydrogens (tertiary/aromatic N) is 1. The fourth-order valence-corrected chi connectivity index (χ4v) is 1.74. The highest BCUT2D eigenvalue weighted by atomic mass is 32.1. The molecule has 0 aromatic carbocycles. The first-order valence-electron chi connectivity index (χ1n) is 3.48. The zero-order valence-corrected chi connectivity index (χ0v) is 7.57. The molecule has 3 nitrogen and oxygen atoms in total. The van der Waals surface area contributed by atoms with Crippen molar-refractivity contribution in [3.63, 3.8) is 0 Å². The van der Waals surface area contributed by atoms with Gasteiger partial charge in [-0.15, -0.1) is 0 Å². The summed E-state index contributed by atoms with van der Waals surface area (Å²) in [6.45, 7) is 2.65. The first-order valence-corrected chi connectivity index (χ1v) is 4.30. The van der Waals surface area contributed by atoms with E-state index in [2.05, 4.69) is 4.98 Å². The molecular weight excluding hydrogens is 160 g/mol. The van der Waals surface area contributed by atoms with Crippen molar-refractivity contribution in [1.82, 2.24) is 4.98 Å². The lowest BCUT2D eigenvalue weighted by atomic mass is 10.3. The monoisotopic (exact) mass is 172 g/mol. The maximum absolute atomic E-state index is 5.42. The third kappa shape index (κ3) is 1.91. The normalized spacial score (nSPS) is 10.1. The molecule has 11 heavy (non-hydrogen) atoms. The molecule has 1 rings (SSSR count). The molecule has 0 aliphatic rings. The van der Waals surface area contributed by atoms with E-state index < -0.39 is 0 Å². The average Bonchev–Trinajstić information content (AvgIpc) is 2.33. The minimum Gasteiger partial charge on any atom is -0.473 e. The van der Waals surface area contributed by atoms with Crippen molar-refractivity contribution in [2.75, 3.05) is 13.7 Å². The lowest BCUT2D eigenvalue weighted by molar-refractivity contribution is 0.411. The van der Waals surface area contributed by atoms with E-state index >= 15 is 0 Å². The smallest absolute Gasteiger partial charge is 0.273 e. The van der Waals surface area contributed by atoms with E-state index in [0.717, 1.165) is 17.3 Å². The molecule has 0 bridgehead atoms. The topological polar surface area (TPSA) is 48.1 Å². The van der Waals surface area contributed by atoms with Crippen LogP contribution in [-0.2, 0) is 6.42 Å². The number of methoxy groups -OCH3 is 1. The highest BCUT2D eigenvalue weighted by Gasteiger charge is 2.05. The molecule has 2 N–H and O–H groups in total. The molecule has 0 saturated heterocycles. The summed E-state index contributed by atoms with van der Waals surface area (Å²) in [5.74, 6) is 0. The van der Waals surface area contributed by atoms with Crippen LogP contribution in [0, 0.1) is 6.92 Å². The van der Waals surface area contributed by atoms with Crippen LogP contribution in [0.4, 0.5) is 0 Å². The van der Waals surface area contributed by atoms with Gasteiger partial charge in [-0.05, 0) is 19.9 Å². The van der Waals surface area contributed by atoms with Gasteiger partial charge in [0.25, 0.3) is 5.19 Å². The molecule has 62 valence electrons. The first-order chi connectivity index (χ1) is 5.27. The Labute approximate surface area is 70.2 Å². The Morgan fingerprint density at radius 2 is 2.36 bits per heavy atom. The molecule has 0 spiro atoms. The molecule has 1 aromatic rings. The Bertz CT molecular complexity index is 234. The second kappa shape index (κ2) is 3.69. The molecule has 0 amide bonds. The number of nitrogens with two attached hydrogens (primary N) is 1. The van der Waals surface area contributed by atoms with Crippen molar-refractivity contribution < 1.29 is 4.74 Å². The van der Waals surface area contributed by atoms with Crippen LogP contribution >= 0.6 is 11.3 Å². The average molecular weight is 172 g/mol. The fraction of sp³-hybridized carbons (Fsp3) is 0.571. The van der Waals surface area contributed by atoms with Crippen LogP contribution in [0.2, 0.25) is 0 Å². The van der Waals surface area contributed by atoms with E-state index in [0.29, 0.717) is 6.54 Å². The van der Waals surface area contributed by atoms with Crippen molar-refractivity contribution in [2.45, 2.75) is 13.3 Å². The number of hydrogen-bond donors (Lipinski definition) is 1. The van der Waals surface area contributed by atoms with Gasteiger partial charge in [-0.25, -0.2) is 4.98 Å². The van der Waals surface area contributed by atoms with Crippen LogP contribution in [0.3, 0.4) is 0 Å². The van der Waals surface area contributed by atoms with Crippen molar-refractivity contribution >= 4 is 11.3 Å². The molecule has 1 aromatic heterocycles. The van der Waals surface area contributed by atoms with Gasteiger partial charge in [0.1, 0.15) is 0 Å². The van der Waals surface area contributed by atoms with Gasteiger partial charge in [-0.2, -0.15) is 0 Å². The highest BCUT2D eigenvalue weighted by molar-refractivity contribution is 7.13. The molecule has 0 radical (unpaired) electrons. The summed E-state index contributed by atoms with van der Waals surface area (Å²) in [4.78, 5) is 5.41. The van der Waals surface area contributed by atoms with E-state index in [1.807, 2.05) is 6.92 Å². The summed E-state index contributed by atoms with van der Waals surface area (Å²) >= 11 is 1.57. The summed E-state index contributed by atoms with van der Waals surface area (Å²) in [5.41, 5.74) is 6.46. The Hall–Kier alpha value is -0.610. The van der Waals surface area contributed by atoms with E-state index in [-0.39, 0.29) is 0 Å². The summed E-state index contributed by atoms with van der Waals surface area (Å²) in [6.07, 6.45) is 0.896. The Morgan fingerprint density at radius 3 is 2.82 bits per heavy atom. The number of ether oxygens (including phenoxy) is 1. The summed E-state index contributed by atoms with van der Waals surface area (Å²) in [5, 5.41) is 0.728. The third-order valence-corrected chi connectivity index (χ3v) is 2.60. The van der Waals surface area contributed by atoms with Gasteiger partial charge in [0, 0.05) is 4.88 Å². The van der Waals surface area contributed by atoms with Crippen LogP contribution in [-0.4, -0.2) is 18.6 Å². The Balaban J connectivity index is 2.79. The molecule has 0 fully saturated rings. The maximum atomic E-state index is 5.42. The summed E-state index contributed by atoms with van der Waals surface area (Å²) < 4.78 is 4.99. The van der Waals surface area contributed by atoms with Gasteiger partial charge in [0.05, 0.1) is 12.8 Å². The number of rotatable bonds is 3. The summed E-state index contributed by atoms with van der Waals surface area (Å²) in [6, 6.07) is 0. The van der Waals surface area contributed by atoms with Gasteiger partial charge < -0.3 is 10.5 Å². The van der Waals surface area contributed by atoms with Crippen molar-refractivity contribution in [1.29, 1.82) is 0 Å². The molecule has 0 aliphatic carbocycles. The lowest BCUT2D eigenvalue weighted by Crippen LogP contribution is -2.01. The third-order valence-electron chi connectivity index (χ3n) is 1.42. The largest absolute Gasteiger partial charge is 0.473 e. The molecule has 0 saturated carbocycles. The van der Waals surface area contributed by atoms with E-state index in [1.54, 1.807) is 18.4 Å². The second-order valence-electron chi connectivity index (χ2n) is 2.23. The zero-order valence-electron chi connectivity index (χ0n) is 6.76. The van der Waals surface area contributed by atoms with Crippen LogP contribution in [0.25, 0.3) is 0 Å². The SMILES string of the molecule is COc1nc(C)c(CCN)s1. The first kappa shape index (κ1) is 8.49. The van der Waals surface area contributed by atoms with Crippen LogP contribution in [0.5, 0.6) is 5.19 Å². The van der Waals surface area contributed by atoms with Gasteiger partial charge in [-0.1, -0.05) is 11.3 Å². The molecule has 4 heteroatoms. The molecule has 0 aliphatic heterocycles. The summed E-state index contributed by atoms with van der Waals surface area (Å²) in [7, 11) is 1.63. The predicted molar refractivity (Wildman–Crippen MR) is 46.2 cm³/mol. The van der Waals surface area contributed by atoms with E-state index in [1.165, 1.54) is 4.88 Å². The maximum Gasteiger partial charge on any atom is 0.273 e. The molecule has 0 unspecified atom stereocenters. The standard InChI is InChI=1S/C7H12N2OS/c1-5-6(3-4-8)11-7(9-5)10-2/h3-4,8H2,1-2H3. The zero-order chi connectivity index (χ0) is 8.27. The fourth-order valence-electron chi connectivity index (χ4n) is 0.852. The van der Waals surface area contributed by atoms with E-state index in [9.17, 15) is 0 Å². The molecule has 0 atom stereocenters. The van der Waals surface area contributed by atoms with Crippen LogP contribution in [0.1, 0.15) is 10.6 Å². The van der Waals surface area contributed by atoms with Gasteiger partial charge >= 0.3 is 0 Å². The van der Waals surface area contributed by atoms with Gasteiger partial charge in [-0.3, -0.25) is 0 Å². The molecule has 1 heterocycles. The number of thiazole rings is 1. The van der Waals surface area contributed by atoms with Crippen LogP contribution < -0.4 is 10.5 Å². The molecular formula is C7H12N2OS. The van der Waals surface area contributed by atoms with Crippen molar-refractivity contribution in [2.24, 2.45) is 5.73 Å². The van der Waals surface area contributed by atoms with E-state index in [4.69, 9.17) is 10.5 Å². The minimum atomic E-state index is 0.673. The van der Waals surface area contributed by atoms with Gasteiger partial charge in [0.2, 0.25) is 0 Å². The van der Waals surface area contributed by atoms with Crippen LogP contribution in [0.15, 0.2) is 0 Å². The lowest BCUT2D eigenvalue weighted by Gasteiger charge is -1.90. The Kier molecular flexibility index (Phi) is 2.84. The van der Waals surface area contributed by atoms with Crippen molar-refractivity contribution in [3.8, 4) is 5.19 Å². The highest BCUT2D eigenvalue weighted by Crippen LogP contribution is 2.23. The quantitative estimate of drug-likeness (QED) is 0.738. The predicted octanol–water partition coefficient (Wildman–Crippen LogP) is 0.961. The number of aromatic nitrogens is 1. The van der Waals surface area contributed by atoms with Gasteiger partial charge in [0.15, 0.2) is 0 Å². The van der Waals surface area contributed by atoms with Crippen molar-refractivity contribution in [3.05, 3.63) is 10.6 Å². The Morgan fingerprint density at radius 1 is 1.64 bits per heavy atom.